The molecular formula is C7H6NO3P. The molecule has 0 aromatic heterocycles. The van der Waals surface area contributed by atoms with Gasteiger partial charge in [-0.1, -0.05) is 18.2 Å². The molecular weight excluding hydrogens is 177 g/mol. The van der Waals surface area contributed by atoms with E-state index < -0.39 is 7.60 Å². The van der Waals surface area contributed by atoms with Gasteiger partial charge in [0.1, 0.15) is 5.75 Å². The molecule has 0 saturated heterocycles. The average molecular weight is 183 g/mol. The fraction of sp³-hybridized carbons (Fsp3) is 0. The molecule has 12 heavy (non-hydrogen) atoms. The van der Waals surface area contributed by atoms with Crippen molar-refractivity contribution in [3.05, 3.63) is 30.3 Å². The molecule has 1 aromatic carbocycles. The molecule has 1 unspecified atom stereocenters. The summed E-state index contributed by atoms with van der Waals surface area (Å²) < 4.78 is 15.2. The number of nitrogens with zero attached hydrogens (tertiary/aromatic N) is 1. The first-order chi connectivity index (χ1) is 5.64. The quantitative estimate of drug-likeness (QED) is 0.708. The van der Waals surface area contributed by atoms with Crippen LogP contribution < -0.4 is 4.52 Å². The Hall–Kier alpha value is -1.30. The van der Waals surface area contributed by atoms with Gasteiger partial charge in [-0.25, -0.2) is 4.57 Å². The SMILES string of the molecule is N#CP(=O)(O)Oc1ccccc1. The van der Waals surface area contributed by atoms with Gasteiger partial charge in [-0.3, -0.25) is 0 Å². The van der Waals surface area contributed by atoms with E-state index in [4.69, 9.17) is 10.2 Å². The summed E-state index contributed by atoms with van der Waals surface area (Å²) in [4.78, 5) is 8.75. The number of hydrogen-bond donors (Lipinski definition) is 1. The van der Waals surface area contributed by atoms with Crippen LogP contribution in [-0.2, 0) is 4.57 Å². The van der Waals surface area contributed by atoms with E-state index >= 15 is 0 Å². The van der Waals surface area contributed by atoms with Crippen molar-refractivity contribution in [3.8, 4) is 11.6 Å². The molecule has 62 valence electrons. The van der Waals surface area contributed by atoms with Crippen LogP contribution in [0.4, 0.5) is 0 Å². The molecule has 1 N–H and O–H groups in total. The van der Waals surface area contributed by atoms with E-state index in [0.717, 1.165) is 0 Å². The summed E-state index contributed by atoms with van der Waals surface area (Å²) in [5.74, 6) is 1.39. The Morgan fingerprint density at radius 1 is 1.42 bits per heavy atom. The van der Waals surface area contributed by atoms with E-state index in [-0.39, 0.29) is 5.75 Å². The maximum absolute atomic E-state index is 10.7. The molecule has 0 saturated carbocycles. The van der Waals surface area contributed by atoms with Crippen molar-refractivity contribution < 1.29 is 14.0 Å². The highest BCUT2D eigenvalue weighted by atomic mass is 31.2. The monoisotopic (exact) mass is 183 g/mol. The fourth-order valence-electron chi connectivity index (χ4n) is 0.645. The Morgan fingerprint density at radius 3 is 2.50 bits per heavy atom. The highest BCUT2D eigenvalue weighted by Gasteiger charge is 2.18. The van der Waals surface area contributed by atoms with Gasteiger partial charge in [-0.2, -0.15) is 5.26 Å². The van der Waals surface area contributed by atoms with Crippen LogP contribution in [0, 0.1) is 11.1 Å². The smallest absolute Gasteiger partial charge is 0.415 e. The van der Waals surface area contributed by atoms with Crippen LogP contribution >= 0.6 is 7.60 Å². The molecule has 1 rings (SSSR count). The van der Waals surface area contributed by atoms with E-state index in [1.807, 2.05) is 0 Å². The second kappa shape index (κ2) is 3.40. The van der Waals surface area contributed by atoms with Crippen molar-refractivity contribution in [1.29, 1.82) is 5.26 Å². The van der Waals surface area contributed by atoms with Gasteiger partial charge >= 0.3 is 7.60 Å². The number of hydrogen-bond acceptors (Lipinski definition) is 3. The van der Waals surface area contributed by atoms with E-state index in [0.29, 0.717) is 0 Å². The van der Waals surface area contributed by atoms with Crippen molar-refractivity contribution >= 4 is 7.60 Å². The van der Waals surface area contributed by atoms with Gasteiger partial charge in [-0.15, -0.1) is 0 Å². The maximum Gasteiger partial charge on any atom is 0.480 e. The van der Waals surface area contributed by atoms with Gasteiger partial charge in [-0.05, 0) is 12.1 Å². The van der Waals surface area contributed by atoms with Crippen LogP contribution in [0.5, 0.6) is 5.75 Å². The zero-order valence-corrected chi connectivity index (χ0v) is 6.94. The fourth-order valence-corrected chi connectivity index (χ4v) is 1.09. The molecule has 5 heteroatoms. The van der Waals surface area contributed by atoms with Crippen LogP contribution in [0.25, 0.3) is 0 Å². The molecule has 0 radical (unpaired) electrons. The van der Waals surface area contributed by atoms with E-state index in [1.54, 1.807) is 18.2 Å². The highest BCUT2D eigenvalue weighted by Crippen LogP contribution is 2.40. The molecule has 4 nitrogen and oxygen atoms in total. The Kier molecular flexibility index (Phi) is 2.49. The highest BCUT2D eigenvalue weighted by molar-refractivity contribution is 7.58. The van der Waals surface area contributed by atoms with E-state index in [1.165, 1.54) is 17.9 Å². The van der Waals surface area contributed by atoms with Gasteiger partial charge < -0.3 is 9.42 Å². The molecule has 0 fully saturated rings. The van der Waals surface area contributed by atoms with Gasteiger partial charge in [0.25, 0.3) is 0 Å². The van der Waals surface area contributed by atoms with Crippen LogP contribution in [0.3, 0.4) is 0 Å². The lowest BCUT2D eigenvalue weighted by Gasteiger charge is -2.04. The summed E-state index contributed by atoms with van der Waals surface area (Å²) in [6, 6.07) is 8.03. The second-order valence-electron chi connectivity index (χ2n) is 2.02. The predicted octanol–water partition coefficient (Wildman–Crippen LogP) is 1.73. The van der Waals surface area contributed by atoms with Crippen LogP contribution in [0.1, 0.15) is 0 Å². The molecule has 1 aromatic rings. The summed E-state index contributed by atoms with van der Waals surface area (Å²) in [5.41, 5.74) is 0. The second-order valence-corrected chi connectivity index (χ2v) is 3.45. The molecule has 0 aliphatic carbocycles. The normalized spacial score (nSPS) is 14.3. The van der Waals surface area contributed by atoms with Crippen molar-refractivity contribution in [2.45, 2.75) is 0 Å². The molecule has 0 aliphatic rings. The average Bonchev–Trinajstić information content (AvgIpc) is 2.06. The first-order valence-electron chi connectivity index (χ1n) is 3.13. The molecule has 1 atom stereocenters. The predicted molar refractivity (Wildman–Crippen MR) is 42.5 cm³/mol. The molecule has 0 amide bonds. The van der Waals surface area contributed by atoms with Crippen LogP contribution in [0.2, 0.25) is 0 Å². The van der Waals surface area contributed by atoms with Crippen LogP contribution in [0.15, 0.2) is 30.3 Å². The number of nitriles is 1. The summed E-state index contributed by atoms with van der Waals surface area (Å²) in [6.07, 6.45) is 0. The third-order valence-electron chi connectivity index (χ3n) is 1.10. The molecule has 0 bridgehead atoms. The molecule has 0 spiro atoms. The largest absolute Gasteiger partial charge is 0.480 e. The first kappa shape index (κ1) is 8.79. The Bertz CT molecular complexity index is 343. The van der Waals surface area contributed by atoms with E-state index in [2.05, 4.69) is 4.52 Å². The zero-order valence-electron chi connectivity index (χ0n) is 6.04. The minimum absolute atomic E-state index is 0.213. The zero-order chi connectivity index (χ0) is 9.03. The minimum Gasteiger partial charge on any atom is -0.415 e. The van der Waals surface area contributed by atoms with Gasteiger partial charge in [0.2, 0.25) is 0 Å². The minimum atomic E-state index is -4.09. The van der Waals surface area contributed by atoms with Gasteiger partial charge in [0.15, 0.2) is 5.81 Å². The summed E-state index contributed by atoms with van der Waals surface area (Å²) in [5, 5.41) is 8.17. The number of para-hydroxylation sites is 1. The summed E-state index contributed by atoms with van der Waals surface area (Å²) in [7, 11) is -4.09. The van der Waals surface area contributed by atoms with Crippen LogP contribution in [-0.4, -0.2) is 4.89 Å². The Morgan fingerprint density at radius 2 is 2.00 bits per heavy atom. The standard InChI is InChI=1S/C7H6NO3P/c8-6-12(9,10)11-7-4-2-1-3-5-7/h1-5H,(H,9,10). The summed E-state index contributed by atoms with van der Waals surface area (Å²) in [6.45, 7) is 0. The molecule has 0 aliphatic heterocycles. The maximum atomic E-state index is 10.7. The lowest BCUT2D eigenvalue weighted by atomic mass is 10.3. The Balaban J connectivity index is 2.80. The van der Waals surface area contributed by atoms with Gasteiger partial charge in [0.05, 0.1) is 0 Å². The number of rotatable bonds is 2. The van der Waals surface area contributed by atoms with Crippen molar-refractivity contribution in [3.63, 3.8) is 0 Å². The van der Waals surface area contributed by atoms with Crippen molar-refractivity contribution in [2.24, 2.45) is 0 Å². The summed E-state index contributed by atoms with van der Waals surface area (Å²) >= 11 is 0. The third kappa shape index (κ3) is 2.39. The number of benzene rings is 1. The van der Waals surface area contributed by atoms with Gasteiger partial charge in [0, 0.05) is 0 Å². The topological polar surface area (TPSA) is 70.3 Å². The lowest BCUT2D eigenvalue weighted by Crippen LogP contribution is -1.87. The first-order valence-corrected chi connectivity index (χ1v) is 4.70. The van der Waals surface area contributed by atoms with E-state index in [9.17, 15) is 4.57 Å². The van der Waals surface area contributed by atoms with Crippen molar-refractivity contribution in [2.75, 3.05) is 0 Å². The lowest BCUT2D eigenvalue weighted by molar-refractivity contribution is 0.394. The molecule has 0 heterocycles. The van der Waals surface area contributed by atoms with Crippen molar-refractivity contribution in [1.82, 2.24) is 0 Å². The Labute approximate surface area is 69.6 Å². The third-order valence-corrected chi connectivity index (χ3v) is 1.81.